The molecule has 0 aliphatic carbocycles. The van der Waals surface area contributed by atoms with Gasteiger partial charge in [-0.1, -0.05) is 14.0 Å². The van der Waals surface area contributed by atoms with Crippen molar-refractivity contribution in [2.45, 2.75) is 37.6 Å². The number of fused-ring (bicyclic) bond motifs is 1. The van der Waals surface area contributed by atoms with Gasteiger partial charge >= 0.3 is 0 Å². The van der Waals surface area contributed by atoms with E-state index >= 15 is 4.39 Å². The highest BCUT2D eigenvalue weighted by atomic mass is 79.9. The molecule has 3 aromatic heterocycles. The number of benzene rings is 3. The van der Waals surface area contributed by atoms with Crippen molar-refractivity contribution in [2.75, 3.05) is 87.1 Å². The highest BCUT2D eigenvalue weighted by Gasteiger charge is 2.30. The summed E-state index contributed by atoms with van der Waals surface area (Å²) in [6, 6.07) is 12.5. The number of aryl methyl sites for hydroxylation is 1. The fourth-order valence-electron chi connectivity index (χ4n) is 9.06. The number of imide groups is 1. The normalized spacial score (nSPS) is 17.2. The first-order valence-corrected chi connectivity index (χ1v) is 25.3. The predicted molar refractivity (Wildman–Crippen MR) is 263 cm³/mol. The van der Waals surface area contributed by atoms with Gasteiger partial charge in [0.15, 0.2) is 0 Å². The number of hydrogen-bond donors (Lipinski definition) is 4. The highest BCUT2D eigenvalue weighted by Crippen LogP contribution is 2.41. The maximum absolute atomic E-state index is 15.2. The first-order chi connectivity index (χ1) is 32.4. The van der Waals surface area contributed by atoms with Crippen LogP contribution in [0, 0.1) is 5.82 Å². The Labute approximate surface area is 397 Å². The van der Waals surface area contributed by atoms with Crippen LogP contribution >= 0.6 is 23.9 Å². The monoisotopic (exact) mass is 991 g/mol. The molecule has 0 bridgehead atoms. The molecule has 1 atom stereocenters. The largest absolute Gasteiger partial charge is 0.494 e. The molecule has 17 nitrogen and oxygen atoms in total. The summed E-state index contributed by atoms with van der Waals surface area (Å²) in [5.74, 6) is 0.633. The zero-order valence-electron chi connectivity index (χ0n) is 37.7. The van der Waals surface area contributed by atoms with Gasteiger partial charge in [-0.15, -0.1) is 0 Å². The van der Waals surface area contributed by atoms with Gasteiger partial charge in [0, 0.05) is 98.3 Å². The first-order valence-electron chi connectivity index (χ1n) is 22.2. The van der Waals surface area contributed by atoms with Gasteiger partial charge in [0.1, 0.15) is 23.4 Å². The zero-order chi connectivity index (χ0) is 46.8. The van der Waals surface area contributed by atoms with Gasteiger partial charge in [0.25, 0.3) is 0 Å². The Balaban J connectivity index is 0.841. The van der Waals surface area contributed by atoms with E-state index in [2.05, 4.69) is 80.4 Å². The van der Waals surface area contributed by atoms with Crippen LogP contribution in [-0.4, -0.2) is 130 Å². The summed E-state index contributed by atoms with van der Waals surface area (Å²) in [4.78, 5) is 62.4. The minimum absolute atomic E-state index is 0.0941. The zero-order valence-corrected chi connectivity index (χ0v) is 40.2. The van der Waals surface area contributed by atoms with E-state index < -0.39 is 25.7 Å². The van der Waals surface area contributed by atoms with E-state index in [9.17, 15) is 14.4 Å². The second-order valence-electron chi connectivity index (χ2n) is 17.2. The van der Waals surface area contributed by atoms with Gasteiger partial charge in [-0.3, -0.25) is 39.3 Å². The number of rotatable bonds is 13. The summed E-state index contributed by atoms with van der Waals surface area (Å²) in [7, 11) is 2.98. The van der Waals surface area contributed by atoms with Crippen LogP contribution in [0.25, 0.3) is 22.2 Å². The summed E-state index contributed by atoms with van der Waals surface area (Å²) >= 11 is 3.65. The number of methoxy groups -OCH3 is 1. The van der Waals surface area contributed by atoms with Crippen molar-refractivity contribution in [2.24, 2.45) is 7.05 Å². The number of nitrogens with one attached hydrogen (secondary N) is 4. The Morgan fingerprint density at radius 3 is 2.42 bits per heavy atom. The maximum Gasteiger partial charge on any atom is 0.249 e. The molecular formula is C47H52BrFN13O4P. The van der Waals surface area contributed by atoms with Crippen molar-refractivity contribution in [3.05, 3.63) is 89.3 Å². The summed E-state index contributed by atoms with van der Waals surface area (Å²) in [5, 5.41) is 17.8. The van der Waals surface area contributed by atoms with Crippen molar-refractivity contribution in [1.29, 1.82) is 0 Å². The second kappa shape index (κ2) is 19.9. The minimum Gasteiger partial charge on any atom is -0.494 e. The smallest absolute Gasteiger partial charge is 0.249 e. The third-order valence-corrected chi connectivity index (χ3v) is 14.5. The average molecular weight is 993 g/mol. The Kier molecular flexibility index (Phi) is 13.6. The SMILES string of the molecule is COc1cc(N2CCN(C(=O)CN3CCC(c4ccc(NC5CCC(=O)NC5=O)c(F)c4)CC3)CC2)c(-c2cnn(C)c2)cc1Nc1ncc(Br)c(Nc2ccc3nccnc3c2P(C)C)n1. The lowest BCUT2D eigenvalue weighted by atomic mass is 9.89. The molecule has 3 aliphatic heterocycles. The molecule has 3 aliphatic rings. The number of hydrogen-bond acceptors (Lipinski definition) is 14. The number of carbonyl (C=O) groups excluding carboxylic acids is 3. The van der Waals surface area contributed by atoms with Gasteiger partial charge in [-0.25, -0.2) is 9.37 Å². The van der Waals surface area contributed by atoms with Crippen molar-refractivity contribution < 1.29 is 23.5 Å². The predicted octanol–water partition coefficient (Wildman–Crippen LogP) is 6.33. The number of carbonyl (C=O) groups is 3. The Morgan fingerprint density at radius 2 is 1.70 bits per heavy atom. The molecule has 6 aromatic rings. The lowest BCUT2D eigenvalue weighted by molar-refractivity contribution is -0.134. The summed E-state index contributed by atoms with van der Waals surface area (Å²) in [6.45, 7) is 8.55. The lowest BCUT2D eigenvalue weighted by Crippen LogP contribution is -2.52. The number of nitrogens with zero attached hydrogens (tertiary/aromatic N) is 9. The number of likely N-dealkylation sites (tertiary alicyclic amines) is 1. The van der Waals surface area contributed by atoms with E-state index in [0.717, 1.165) is 70.3 Å². The van der Waals surface area contributed by atoms with Gasteiger partial charge in [0.05, 0.1) is 46.7 Å². The molecule has 3 saturated heterocycles. The number of piperazine rings is 1. The average Bonchev–Trinajstić information content (AvgIpc) is 3.77. The number of halogens is 2. The first kappa shape index (κ1) is 45.8. The Bertz CT molecular complexity index is 2830. The van der Waals surface area contributed by atoms with Crippen LogP contribution in [0.2, 0.25) is 0 Å². The lowest BCUT2D eigenvalue weighted by Gasteiger charge is -2.39. The molecule has 348 valence electrons. The van der Waals surface area contributed by atoms with Crippen molar-refractivity contribution in [3.8, 4) is 16.9 Å². The molecule has 6 heterocycles. The summed E-state index contributed by atoms with van der Waals surface area (Å²) in [6.07, 6.45) is 11.1. The summed E-state index contributed by atoms with van der Waals surface area (Å²) in [5.41, 5.74) is 7.25. The molecule has 67 heavy (non-hydrogen) atoms. The van der Waals surface area contributed by atoms with Gasteiger partial charge in [-0.2, -0.15) is 10.1 Å². The fraction of sp³-hybridized carbons (Fsp3) is 0.362. The Morgan fingerprint density at radius 1 is 0.925 bits per heavy atom. The second-order valence-corrected chi connectivity index (χ2v) is 20.3. The van der Waals surface area contributed by atoms with Crippen LogP contribution in [0.3, 0.4) is 0 Å². The van der Waals surface area contributed by atoms with E-state index in [1.165, 1.54) is 6.07 Å². The number of anilines is 6. The van der Waals surface area contributed by atoms with E-state index in [4.69, 9.17) is 9.72 Å². The molecule has 3 amide bonds. The quantitative estimate of drug-likeness (QED) is 0.0743. The van der Waals surface area contributed by atoms with Gasteiger partial charge in [0.2, 0.25) is 23.7 Å². The topological polar surface area (TPSA) is 188 Å². The molecule has 0 radical (unpaired) electrons. The molecule has 3 aromatic carbocycles. The molecule has 20 heteroatoms. The van der Waals surface area contributed by atoms with E-state index in [0.29, 0.717) is 66.8 Å². The summed E-state index contributed by atoms with van der Waals surface area (Å²) < 4.78 is 23.6. The highest BCUT2D eigenvalue weighted by molar-refractivity contribution is 9.10. The van der Waals surface area contributed by atoms with Crippen LogP contribution in [0.1, 0.15) is 37.2 Å². The molecule has 1 unspecified atom stereocenters. The molecule has 3 fully saturated rings. The van der Waals surface area contributed by atoms with Crippen LogP contribution in [0.15, 0.2) is 77.9 Å². The number of aromatic nitrogens is 6. The van der Waals surface area contributed by atoms with E-state index in [1.54, 1.807) is 36.4 Å². The standard InChI is InChI=1S/C47H52BrFN13O4P/c1-59-26-30(24-53-59)31-22-38(56-47-52-25-32(48)45(58-47)55-36-8-7-35-43(44(36)67(3)4)51-14-13-50-35)40(66-2)23-39(31)61-17-19-62(20-18-61)42(64)27-60-15-11-28(12-16-60)29-5-6-34(33(49)21-29)54-37-9-10-41(63)57-46(37)65/h5-8,13-14,21-26,28,37,54H,9-12,15-20,27H2,1-4H3,(H,57,63,65)(H2,52,55,56,58). The van der Waals surface area contributed by atoms with E-state index in [1.807, 2.05) is 54.7 Å². The third-order valence-electron chi connectivity index (χ3n) is 12.6. The number of piperidine rings is 2. The van der Waals surface area contributed by atoms with Gasteiger partial charge < -0.3 is 30.5 Å². The number of ether oxygens (including phenoxy) is 1. The van der Waals surface area contributed by atoms with E-state index in [-0.39, 0.29) is 29.8 Å². The van der Waals surface area contributed by atoms with Crippen molar-refractivity contribution >= 4 is 92.4 Å². The molecule has 0 saturated carbocycles. The van der Waals surface area contributed by atoms with Gasteiger partial charge in [-0.05, 0) is 103 Å². The van der Waals surface area contributed by atoms with Crippen LogP contribution in [0.4, 0.5) is 38.9 Å². The molecule has 9 rings (SSSR count). The maximum atomic E-state index is 15.2. The fourth-order valence-corrected chi connectivity index (χ4v) is 10.6. The number of amides is 3. The molecular weight excluding hydrogens is 940 g/mol. The van der Waals surface area contributed by atoms with Crippen LogP contribution < -0.4 is 36.2 Å². The Hall–Kier alpha value is -6.30. The van der Waals surface area contributed by atoms with Crippen LogP contribution in [-0.2, 0) is 21.4 Å². The minimum atomic E-state index is -0.652. The molecule has 4 N–H and O–H groups in total. The van der Waals surface area contributed by atoms with Crippen molar-refractivity contribution in [1.82, 2.24) is 44.8 Å². The van der Waals surface area contributed by atoms with Crippen molar-refractivity contribution in [3.63, 3.8) is 0 Å². The third kappa shape index (κ3) is 10.2. The molecule has 0 spiro atoms. The van der Waals surface area contributed by atoms with Crippen LogP contribution in [0.5, 0.6) is 5.75 Å².